The zero-order valence-corrected chi connectivity index (χ0v) is 20.2. The second kappa shape index (κ2) is 11.2. The van der Waals surface area contributed by atoms with E-state index in [0.29, 0.717) is 12.2 Å². The number of aryl methyl sites for hydroxylation is 1. The van der Waals surface area contributed by atoms with E-state index in [0.717, 1.165) is 22.6 Å². The minimum atomic E-state index is -4.14. The van der Waals surface area contributed by atoms with Crippen LogP contribution in [-0.2, 0) is 17.2 Å². The lowest BCUT2D eigenvalue weighted by atomic mass is 10.2. The molecule has 0 aliphatic carbocycles. The van der Waals surface area contributed by atoms with Crippen molar-refractivity contribution in [1.29, 1.82) is 0 Å². The third-order valence-corrected chi connectivity index (χ3v) is 5.99. The summed E-state index contributed by atoms with van der Waals surface area (Å²) in [6.45, 7) is 6.52. The first-order valence-electron chi connectivity index (χ1n) is 10.5. The first kappa shape index (κ1) is 26.2. The van der Waals surface area contributed by atoms with Gasteiger partial charge in [0.15, 0.2) is 0 Å². The molecule has 0 aliphatic rings. The van der Waals surface area contributed by atoms with Gasteiger partial charge in [0.05, 0.1) is 17.5 Å². The number of nitrogens with zero attached hydrogens (tertiary/aromatic N) is 3. The predicted octanol–water partition coefficient (Wildman–Crippen LogP) is 2.14. The molecule has 33 heavy (non-hydrogen) atoms. The van der Waals surface area contributed by atoms with Crippen LogP contribution in [0.15, 0.2) is 59.4 Å². The van der Waals surface area contributed by atoms with Crippen LogP contribution in [0.4, 0.5) is 11.4 Å². The minimum Gasteiger partial charge on any atom is -0.393 e. The fourth-order valence-electron chi connectivity index (χ4n) is 3.38. The molecule has 0 amide bonds. The second-order valence-electron chi connectivity index (χ2n) is 7.76. The predicted molar refractivity (Wildman–Crippen MR) is 132 cm³/mol. The van der Waals surface area contributed by atoms with Crippen molar-refractivity contribution in [3.8, 4) is 5.69 Å². The zero-order valence-electron chi connectivity index (χ0n) is 19.3. The zero-order chi connectivity index (χ0) is 24.8. The van der Waals surface area contributed by atoms with Crippen LogP contribution in [0.1, 0.15) is 18.2 Å². The SMILES string of the molecule is CCN(CC(O)CS(=O)(=O)O)c1cccc(C)c1.Cc1c(N)c(=O)n(-c2ccccc2)n1C. The quantitative estimate of drug-likeness (QED) is 0.445. The molecule has 0 fully saturated rings. The topological polar surface area (TPSA) is 131 Å². The number of hydrogen-bond donors (Lipinski definition) is 3. The van der Waals surface area contributed by atoms with Gasteiger partial charge in [0, 0.05) is 25.8 Å². The van der Waals surface area contributed by atoms with E-state index in [9.17, 15) is 18.3 Å². The highest BCUT2D eigenvalue weighted by atomic mass is 32.2. The molecule has 1 heterocycles. The van der Waals surface area contributed by atoms with Gasteiger partial charge in [-0.05, 0) is 50.6 Å². The molecule has 0 spiro atoms. The lowest BCUT2D eigenvalue weighted by Crippen LogP contribution is -2.36. The van der Waals surface area contributed by atoms with Gasteiger partial charge in [-0.3, -0.25) is 14.0 Å². The van der Waals surface area contributed by atoms with Crippen LogP contribution in [0.5, 0.6) is 0 Å². The molecular formula is C23H32N4O5S. The molecule has 9 nitrogen and oxygen atoms in total. The number of aliphatic hydroxyl groups is 1. The standard InChI is InChI=1S/C12H19NO4S.C11H13N3O/c1-3-13(8-12(14)9-18(15,16)17)11-6-4-5-10(2)7-11;1-8-10(12)11(15)14(13(8)2)9-6-4-3-5-7-9/h4-7,12,14H,3,8-9H2,1-2H3,(H,15,16,17);3-7H,12H2,1-2H3. The van der Waals surface area contributed by atoms with Gasteiger partial charge in [0.2, 0.25) is 0 Å². The Kier molecular flexibility index (Phi) is 8.86. The number of likely N-dealkylation sites (N-methyl/N-ethyl adjacent to an activating group) is 1. The van der Waals surface area contributed by atoms with Crippen molar-refractivity contribution in [2.45, 2.75) is 26.9 Å². The number of aliphatic hydroxyl groups excluding tert-OH is 1. The normalized spacial score (nSPS) is 12.1. The van der Waals surface area contributed by atoms with Crippen molar-refractivity contribution >= 4 is 21.5 Å². The monoisotopic (exact) mass is 476 g/mol. The molecule has 0 radical (unpaired) electrons. The van der Waals surface area contributed by atoms with Crippen LogP contribution in [-0.4, -0.2) is 52.4 Å². The Morgan fingerprint density at radius 2 is 1.73 bits per heavy atom. The van der Waals surface area contributed by atoms with Crippen LogP contribution in [0.2, 0.25) is 0 Å². The highest BCUT2D eigenvalue weighted by Gasteiger charge is 2.17. The van der Waals surface area contributed by atoms with E-state index in [4.69, 9.17) is 10.3 Å². The summed E-state index contributed by atoms with van der Waals surface area (Å²) in [6.07, 6.45) is -1.11. The maximum atomic E-state index is 11.8. The van der Waals surface area contributed by atoms with Crippen LogP contribution in [0.25, 0.3) is 5.69 Å². The van der Waals surface area contributed by atoms with Crippen molar-refractivity contribution in [2.24, 2.45) is 7.05 Å². The Balaban J connectivity index is 0.000000237. The molecule has 2 aromatic carbocycles. The Morgan fingerprint density at radius 3 is 2.21 bits per heavy atom. The van der Waals surface area contributed by atoms with Gasteiger partial charge in [-0.15, -0.1) is 0 Å². The van der Waals surface area contributed by atoms with Crippen LogP contribution >= 0.6 is 0 Å². The first-order chi connectivity index (χ1) is 15.4. The summed E-state index contributed by atoms with van der Waals surface area (Å²) in [5.74, 6) is -0.644. The van der Waals surface area contributed by atoms with Gasteiger partial charge in [0.1, 0.15) is 11.4 Å². The molecular weight excluding hydrogens is 444 g/mol. The van der Waals surface area contributed by atoms with E-state index in [1.807, 2.05) is 87.3 Å². The summed E-state index contributed by atoms with van der Waals surface area (Å²) in [4.78, 5) is 13.7. The third-order valence-electron chi connectivity index (χ3n) is 5.18. The molecule has 180 valence electrons. The van der Waals surface area contributed by atoms with E-state index < -0.39 is 22.0 Å². The number of para-hydroxylation sites is 1. The molecule has 10 heteroatoms. The Bertz CT molecular complexity index is 1220. The molecule has 3 rings (SSSR count). The van der Waals surface area contributed by atoms with E-state index in [-0.39, 0.29) is 12.1 Å². The maximum absolute atomic E-state index is 11.8. The van der Waals surface area contributed by atoms with Crippen molar-refractivity contribution in [3.05, 3.63) is 76.2 Å². The fourth-order valence-corrected chi connectivity index (χ4v) is 3.97. The highest BCUT2D eigenvalue weighted by molar-refractivity contribution is 7.85. The maximum Gasteiger partial charge on any atom is 0.294 e. The number of rotatable bonds is 7. The fraction of sp³-hybridized carbons (Fsp3) is 0.348. The molecule has 0 aliphatic heterocycles. The van der Waals surface area contributed by atoms with Gasteiger partial charge < -0.3 is 15.7 Å². The Hall–Kier alpha value is -3.08. The van der Waals surface area contributed by atoms with E-state index in [1.54, 1.807) is 9.36 Å². The molecule has 1 unspecified atom stereocenters. The molecule has 4 N–H and O–H groups in total. The molecule has 1 aromatic heterocycles. The molecule has 3 aromatic rings. The average Bonchev–Trinajstić information content (AvgIpc) is 2.94. The van der Waals surface area contributed by atoms with E-state index in [2.05, 4.69) is 0 Å². The van der Waals surface area contributed by atoms with E-state index >= 15 is 0 Å². The van der Waals surface area contributed by atoms with Crippen LogP contribution in [0.3, 0.4) is 0 Å². The molecule has 0 saturated carbocycles. The van der Waals surface area contributed by atoms with Crippen molar-refractivity contribution in [3.63, 3.8) is 0 Å². The molecule has 0 bridgehead atoms. The average molecular weight is 477 g/mol. The summed E-state index contributed by atoms with van der Waals surface area (Å²) in [7, 11) is -2.32. The summed E-state index contributed by atoms with van der Waals surface area (Å²) >= 11 is 0. The van der Waals surface area contributed by atoms with Crippen molar-refractivity contribution < 1.29 is 18.1 Å². The van der Waals surface area contributed by atoms with Gasteiger partial charge in [-0.1, -0.05) is 30.3 Å². The van der Waals surface area contributed by atoms with Gasteiger partial charge >= 0.3 is 0 Å². The first-order valence-corrected chi connectivity index (χ1v) is 12.1. The second-order valence-corrected chi connectivity index (χ2v) is 9.25. The lowest BCUT2D eigenvalue weighted by Gasteiger charge is -2.25. The van der Waals surface area contributed by atoms with Crippen LogP contribution in [0, 0.1) is 13.8 Å². The summed E-state index contributed by atoms with van der Waals surface area (Å²) < 4.78 is 33.4. The molecule has 1 atom stereocenters. The van der Waals surface area contributed by atoms with Crippen molar-refractivity contribution in [2.75, 3.05) is 29.5 Å². The number of anilines is 2. The minimum absolute atomic E-state index is 0.166. The summed E-state index contributed by atoms with van der Waals surface area (Å²) in [6, 6.07) is 17.2. The van der Waals surface area contributed by atoms with Crippen molar-refractivity contribution in [1.82, 2.24) is 9.36 Å². The smallest absolute Gasteiger partial charge is 0.294 e. The summed E-state index contributed by atoms with van der Waals surface area (Å²) in [5.41, 5.74) is 9.45. The lowest BCUT2D eigenvalue weighted by molar-refractivity contribution is 0.200. The largest absolute Gasteiger partial charge is 0.393 e. The molecule has 0 saturated heterocycles. The Labute approximate surface area is 194 Å². The highest BCUT2D eigenvalue weighted by Crippen LogP contribution is 2.16. The Morgan fingerprint density at radius 1 is 1.09 bits per heavy atom. The number of benzene rings is 2. The number of aromatic nitrogens is 2. The number of nitrogens with two attached hydrogens (primary N) is 1. The van der Waals surface area contributed by atoms with Crippen LogP contribution < -0.4 is 16.2 Å². The third kappa shape index (κ3) is 7.21. The van der Waals surface area contributed by atoms with Gasteiger partial charge in [-0.25, -0.2) is 4.68 Å². The van der Waals surface area contributed by atoms with Gasteiger partial charge in [0.25, 0.3) is 15.7 Å². The van der Waals surface area contributed by atoms with Gasteiger partial charge in [-0.2, -0.15) is 8.42 Å². The number of hydrogen-bond acceptors (Lipinski definition) is 6. The number of nitrogen functional groups attached to an aromatic ring is 1. The summed E-state index contributed by atoms with van der Waals surface area (Å²) in [5, 5.41) is 9.64. The van der Waals surface area contributed by atoms with E-state index in [1.165, 1.54) is 0 Å².